The second-order valence-electron chi connectivity index (χ2n) is 5.26. The fourth-order valence-corrected chi connectivity index (χ4v) is 2.50. The predicted octanol–water partition coefficient (Wildman–Crippen LogP) is 2.01. The Morgan fingerprint density at radius 3 is 2.19 bits per heavy atom. The molecule has 2 atom stereocenters. The first-order valence-corrected chi connectivity index (χ1v) is 7.07. The molecule has 0 saturated carbocycles. The number of halogens is 2. The Morgan fingerprint density at radius 1 is 1.14 bits per heavy atom. The second kappa shape index (κ2) is 8.32. The van der Waals surface area contributed by atoms with Crippen molar-refractivity contribution in [3.05, 3.63) is 35.6 Å². The van der Waals surface area contributed by atoms with Crippen LogP contribution in [0.4, 0.5) is 4.39 Å². The average molecular weight is 317 g/mol. The number of carbonyl (C=O) groups excluding carboxylic acids is 1. The minimum Gasteiger partial charge on any atom is -0.386 e. The molecule has 2 unspecified atom stereocenters. The predicted molar refractivity (Wildman–Crippen MR) is 81.6 cm³/mol. The van der Waals surface area contributed by atoms with E-state index in [0.29, 0.717) is 18.7 Å². The molecule has 21 heavy (non-hydrogen) atoms. The third-order valence-corrected chi connectivity index (χ3v) is 3.75. The molecule has 1 heterocycles. The molecule has 1 fully saturated rings. The Kier molecular flexibility index (Phi) is 7.08. The van der Waals surface area contributed by atoms with Crippen molar-refractivity contribution >= 4 is 18.3 Å². The lowest BCUT2D eigenvalue weighted by Gasteiger charge is -2.26. The summed E-state index contributed by atoms with van der Waals surface area (Å²) in [6.07, 6.45) is 3.10. The highest BCUT2D eigenvalue weighted by Gasteiger charge is 2.28. The van der Waals surface area contributed by atoms with Crippen molar-refractivity contribution in [2.24, 2.45) is 5.73 Å². The maximum atomic E-state index is 12.9. The van der Waals surface area contributed by atoms with E-state index in [2.05, 4.69) is 0 Å². The average Bonchev–Trinajstić information content (AvgIpc) is 2.75. The van der Waals surface area contributed by atoms with E-state index >= 15 is 0 Å². The molecule has 4 nitrogen and oxygen atoms in total. The van der Waals surface area contributed by atoms with E-state index in [-0.39, 0.29) is 24.1 Å². The minimum atomic E-state index is -1.11. The second-order valence-corrected chi connectivity index (χ2v) is 5.26. The zero-order valence-electron chi connectivity index (χ0n) is 11.9. The van der Waals surface area contributed by atoms with Crippen LogP contribution >= 0.6 is 12.4 Å². The van der Waals surface area contributed by atoms with Gasteiger partial charge < -0.3 is 15.7 Å². The molecule has 1 aromatic rings. The molecule has 2 rings (SSSR count). The van der Waals surface area contributed by atoms with Gasteiger partial charge in [0.25, 0.3) is 0 Å². The van der Waals surface area contributed by atoms with Crippen molar-refractivity contribution in [2.75, 3.05) is 13.1 Å². The number of nitrogens with zero attached hydrogens (tertiary/aromatic N) is 1. The molecule has 118 valence electrons. The van der Waals surface area contributed by atoms with Gasteiger partial charge in [0.15, 0.2) is 0 Å². The van der Waals surface area contributed by atoms with Crippen molar-refractivity contribution < 1.29 is 14.3 Å². The number of amides is 1. The highest BCUT2D eigenvalue weighted by atomic mass is 35.5. The molecule has 1 aliphatic heterocycles. The van der Waals surface area contributed by atoms with E-state index < -0.39 is 12.1 Å². The van der Waals surface area contributed by atoms with Gasteiger partial charge in [0.05, 0.1) is 0 Å². The van der Waals surface area contributed by atoms with Crippen LogP contribution in [0.3, 0.4) is 0 Å². The number of benzene rings is 1. The van der Waals surface area contributed by atoms with Gasteiger partial charge in [0.1, 0.15) is 18.0 Å². The Hall–Kier alpha value is -1.17. The van der Waals surface area contributed by atoms with Crippen LogP contribution in [0.1, 0.15) is 37.4 Å². The van der Waals surface area contributed by atoms with Crippen LogP contribution in [0.5, 0.6) is 0 Å². The molecule has 1 amide bonds. The number of rotatable bonds is 3. The van der Waals surface area contributed by atoms with E-state index in [9.17, 15) is 14.3 Å². The summed E-state index contributed by atoms with van der Waals surface area (Å²) in [6, 6.07) is 4.41. The molecule has 0 radical (unpaired) electrons. The molecule has 1 aliphatic rings. The fraction of sp³-hybridized carbons (Fsp3) is 0.533. The standard InChI is InChI=1S/C15H21FN2O2.ClH/c16-12-7-5-11(6-8-12)14(19)13(17)15(20)18-9-3-1-2-4-10-18;/h5-8,13-14,19H,1-4,9-10,17H2;1H. The van der Waals surface area contributed by atoms with Gasteiger partial charge in [-0.15, -0.1) is 12.4 Å². The van der Waals surface area contributed by atoms with Crippen LogP contribution in [0.2, 0.25) is 0 Å². The summed E-state index contributed by atoms with van der Waals surface area (Å²) < 4.78 is 12.9. The van der Waals surface area contributed by atoms with Gasteiger partial charge in [-0.25, -0.2) is 4.39 Å². The van der Waals surface area contributed by atoms with Crippen molar-refractivity contribution in [1.29, 1.82) is 0 Å². The van der Waals surface area contributed by atoms with E-state index in [4.69, 9.17) is 5.73 Å². The highest BCUT2D eigenvalue weighted by Crippen LogP contribution is 2.19. The van der Waals surface area contributed by atoms with Crippen LogP contribution in [0, 0.1) is 5.82 Å². The summed E-state index contributed by atoms with van der Waals surface area (Å²) >= 11 is 0. The lowest BCUT2D eigenvalue weighted by molar-refractivity contribution is -0.135. The van der Waals surface area contributed by atoms with Crippen molar-refractivity contribution in [2.45, 2.75) is 37.8 Å². The first-order valence-electron chi connectivity index (χ1n) is 7.07. The topological polar surface area (TPSA) is 66.6 Å². The first kappa shape index (κ1) is 17.9. The number of hydrogen-bond acceptors (Lipinski definition) is 3. The summed E-state index contributed by atoms with van der Waals surface area (Å²) in [4.78, 5) is 14.0. The van der Waals surface area contributed by atoms with E-state index in [1.807, 2.05) is 0 Å². The first-order chi connectivity index (χ1) is 9.59. The van der Waals surface area contributed by atoms with Crippen LogP contribution in [-0.2, 0) is 4.79 Å². The van der Waals surface area contributed by atoms with Gasteiger partial charge in [-0.3, -0.25) is 4.79 Å². The van der Waals surface area contributed by atoms with E-state index in [0.717, 1.165) is 25.7 Å². The van der Waals surface area contributed by atoms with Crippen LogP contribution in [0.25, 0.3) is 0 Å². The van der Waals surface area contributed by atoms with Crippen LogP contribution in [0.15, 0.2) is 24.3 Å². The summed E-state index contributed by atoms with van der Waals surface area (Å²) in [7, 11) is 0. The van der Waals surface area contributed by atoms with E-state index in [1.165, 1.54) is 24.3 Å². The van der Waals surface area contributed by atoms with Gasteiger partial charge in [0, 0.05) is 13.1 Å². The number of aliphatic hydroxyl groups excluding tert-OH is 1. The lowest BCUT2D eigenvalue weighted by atomic mass is 10.0. The molecule has 1 saturated heterocycles. The normalized spacial score (nSPS) is 18.3. The Bertz CT molecular complexity index is 447. The van der Waals surface area contributed by atoms with Crippen molar-refractivity contribution in [1.82, 2.24) is 4.90 Å². The van der Waals surface area contributed by atoms with Crippen molar-refractivity contribution in [3.8, 4) is 0 Å². The zero-order valence-corrected chi connectivity index (χ0v) is 12.7. The largest absolute Gasteiger partial charge is 0.386 e. The number of carbonyl (C=O) groups is 1. The Morgan fingerprint density at radius 2 is 1.67 bits per heavy atom. The summed E-state index contributed by atoms with van der Waals surface area (Å²) in [5, 5.41) is 10.2. The summed E-state index contributed by atoms with van der Waals surface area (Å²) in [6.45, 7) is 1.39. The van der Waals surface area contributed by atoms with Crippen LogP contribution < -0.4 is 5.73 Å². The van der Waals surface area contributed by atoms with E-state index in [1.54, 1.807) is 4.90 Å². The molecule has 0 bridgehead atoms. The molecular weight excluding hydrogens is 295 g/mol. The molecule has 0 spiro atoms. The lowest BCUT2D eigenvalue weighted by Crippen LogP contribution is -2.47. The molecule has 6 heteroatoms. The molecule has 3 N–H and O–H groups in total. The number of nitrogens with two attached hydrogens (primary N) is 1. The number of likely N-dealkylation sites (tertiary alicyclic amines) is 1. The summed E-state index contributed by atoms with van der Waals surface area (Å²) in [5.41, 5.74) is 6.34. The highest BCUT2D eigenvalue weighted by molar-refractivity contribution is 5.85. The molecule has 0 aromatic heterocycles. The van der Waals surface area contributed by atoms with Gasteiger partial charge in [-0.1, -0.05) is 25.0 Å². The Balaban J connectivity index is 0.00000220. The molecular formula is C15H22ClFN2O2. The van der Waals surface area contributed by atoms with Crippen molar-refractivity contribution in [3.63, 3.8) is 0 Å². The van der Waals surface area contributed by atoms with Crippen LogP contribution in [-0.4, -0.2) is 35.0 Å². The third kappa shape index (κ3) is 4.66. The van der Waals surface area contributed by atoms with Gasteiger partial charge in [-0.2, -0.15) is 0 Å². The monoisotopic (exact) mass is 316 g/mol. The Labute approximate surface area is 130 Å². The number of aliphatic hydroxyl groups is 1. The smallest absolute Gasteiger partial charge is 0.242 e. The minimum absolute atomic E-state index is 0. The number of hydrogen-bond donors (Lipinski definition) is 2. The zero-order chi connectivity index (χ0) is 14.5. The molecule has 1 aromatic carbocycles. The molecule has 0 aliphatic carbocycles. The van der Waals surface area contributed by atoms with Gasteiger partial charge >= 0.3 is 0 Å². The summed E-state index contributed by atoms with van der Waals surface area (Å²) in [5.74, 6) is -0.614. The van der Waals surface area contributed by atoms with Gasteiger partial charge in [-0.05, 0) is 30.5 Å². The SMILES string of the molecule is Cl.NC(C(=O)N1CCCCCC1)C(O)c1ccc(F)cc1. The van der Waals surface area contributed by atoms with Gasteiger partial charge in [0.2, 0.25) is 5.91 Å². The quantitative estimate of drug-likeness (QED) is 0.896. The maximum Gasteiger partial charge on any atom is 0.242 e. The third-order valence-electron chi connectivity index (χ3n) is 3.75. The maximum absolute atomic E-state index is 12.9. The fourth-order valence-electron chi connectivity index (χ4n) is 2.50.